The topological polar surface area (TPSA) is 20.2 Å². The molecular formula is C9H13FO. The summed E-state index contributed by atoms with van der Waals surface area (Å²) in [5, 5.41) is 8.51. The van der Waals surface area contributed by atoms with Crippen molar-refractivity contribution in [2.24, 2.45) is 0 Å². The van der Waals surface area contributed by atoms with Gasteiger partial charge < -0.3 is 5.11 Å². The predicted molar refractivity (Wildman–Crippen MR) is 42.8 cm³/mol. The second kappa shape index (κ2) is 4.29. The molecular weight excluding hydrogens is 143 g/mol. The van der Waals surface area contributed by atoms with Gasteiger partial charge in [0.25, 0.3) is 0 Å². The minimum Gasteiger partial charge on any atom is -0.396 e. The first-order valence-electron chi connectivity index (χ1n) is 3.99. The van der Waals surface area contributed by atoms with Gasteiger partial charge in [0.15, 0.2) is 0 Å². The van der Waals surface area contributed by atoms with Crippen LogP contribution in [-0.2, 0) is 0 Å². The predicted octanol–water partition coefficient (Wildman–Crippen LogP) is 2.33. The first-order chi connectivity index (χ1) is 5.34. The van der Waals surface area contributed by atoms with Crippen LogP contribution < -0.4 is 0 Å². The Morgan fingerprint density at radius 3 is 3.00 bits per heavy atom. The normalized spacial score (nSPS) is 17.6. The molecule has 0 amide bonds. The molecule has 0 aromatic heterocycles. The molecule has 0 aromatic rings. The van der Waals surface area contributed by atoms with Crippen molar-refractivity contribution in [2.45, 2.75) is 25.7 Å². The maximum absolute atomic E-state index is 12.9. The standard InChI is InChI=1S/C9H13FO/c10-9-6-2-1-4-8(9)5-3-7-11/h1,4,11H,2-3,5-7H2. The van der Waals surface area contributed by atoms with E-state index in [4.69, 9.17) is 5.11 Å². The van der Waals surface area contributed by atoms with E-state index in [9.17, 15) is 4.39 Å². The van der Waals surface area contributed by atoms with Crippen molar-refractivity contribution < 1.29 is 9.50 Å². The maximum atomic E-state index is 12.9. The van der Waals surface area contributed by atoms with Gasteiger partial charge in [-0.15, -0.1) is 0 Å². The number of allylic oxidation sites excluding steroid dienone is 4. The van der Waals surface area contributed by atoms with Gasteiger partial charge >= 0.3 is 0 Å². The third-order valence-corrected chi connectivity index (χ3v) is 1.80. The number of hydrogen-bond acceptors (Lipinski definition) is 1. The zero-order valence-corrected chi connectivity index (χ0v) is 6.52. The van der Waals surface area contributed by atoms with E-state index in [1.54, 1.807) is 0 Å². The van der Waals surface area contributed by atoms with E-state index >= 15 is 0 Å². The summed E-state index contributed by atoms with van der Waals surface area (Å²) < 4.78 is 12.9. The lowest BCUT2D eigenvalue weighted by Gasteiger charge is -2.07. The average Bonchev–Trinajstić information content (AvgIpc) is 2.03. The number of halogens is 1. The highest BCUT2D eigenvalue weighted by molar-refractivity contribution is 5.25. The Morgan fingerprint density at radius 1 is 1.55 bits per heavy atom. The molecule has 1 aliphatic rings. The summed E-state index contributed by atoms with van der Waals surface area (Å²) in [7, 11) is 0. The third-order valence-electron chi connectivity index (χ3n) is 1.80. The van der Waals surface area contributed by atoms with E-state index in [0.717, 1.165) is 12.0 Å². The van der Waals surface area contributed by atoms with Crippen LogP contribution in [0.3, 0.4) is 0 Å². The molecule has 0 atom stereocenters. The Balaban J connectivity index is 2.47. The highest BCUT2D eigenvalue weighted by Gasteiger charge is 2.06. The van der Waals surface area contributed by atoms with Gasteiger partial charge in [-0.1, -0.05) is 12.2 Å². The lowest BCUT2D eigenvalue weighted by atomic mass is 10.0. The molecule has 2 heteroatoms. The molecule has 0 fully saturated rings. The molecule has 62 valence electrons. The fraction of sp³-hybridized carbons (Fsp3) is 0.556. The van der Waals surface area contributed by atoms with E-state index < -0.39 is 0 Å². The van der Waals surface area contributed by atoms with E-state index in [0.29, 0.717) is 19.3 Å². The van der Waals surface area contributed by atoms with Gasteiger partial charge in [-0.2, -0.15) is 0 Å². The van der Waals surface area contributed by atoms with Crippen molar-refractivity contribution in [1.82, 2.24) is 0 Å². The van der Waals surface area contributed by atoms with Crippen LogP contribution in [0.1, 0.15) is 25.7 Å². The van der Waals surface area contributed by atoms with Crippen LogP contribution in [-0.4, -0.2) is 11.7 Å². The Bertz CT molecular complexity index is 182. The largest absolute Gasteiger partial charge is 0.396 e. The lowest BCUT2D eigenvalue weighted by Crippen LogP contribution is -1.92. The van der Waals surface area contributed by atoms with Gasteiger partial charge in [0.05, 0.1) is 0 Å². The van der Waals surface area contributed by atoms with Crippen LogP contribution in [0.15, 0.2) is 23.6 Å². The van der Waals surface area contributed by atoms with Crippen LogP contribution in [0.4, 0.5) is 4.39 Å². The van der Waals surface area contributed by atoms with E-state index in [-0.39, 0.29) is 12.4 Å². The van der Waals surface area contributed by atoms with Crippen molar-refractivity contribution in [2.75, 3.05) is 6.61 Å². The number of aliphatic hydroxyl groups excluding tert-OH is 1. The van der Waals surface area contributed by atoms with Gasteiger partial charge in [0, 0.05) is 13.0 Å². The summed E-state index contributed by atoms with van der Waals surface area (Å²) in [6, 6.07) is 0. The number of hydrogen-bond donors (Lipinski definition) is 1. The highest BCUT2D eigenvalue weighted by atomic mass is 19.1. The highest BCUT2D eigenvalue weighted by Crippen LogP contribution is 2.22. The molecule has 0 bridgehead atoms. The van der Waals surface area contributed by atoms with Gasteiger partial charge in [-0.05, 0) is 24.8 Å². The smallest absolute Gasteiger partial charge is 0.103 e. The Hall–Kier alpha value is -0.630. The lowest BCUT2D eigenvalue weighted by molar-refractivity contribution is 0.288. The number of rotatable bonds is 3. The molecule has 11 heavy (non-hydrogen) atoms. The van der Waals surface area contributed by atoms with Crippen molar-refractivity contribution in [3.8, 4) is 0 Å². The first kappa shape index (κ1) is 8.47. The van der Waals surface area contributed by atoms with Gasteiger partial charge in [0.1, 0.15) is 5.83 Å². The van der Waals surface area contributed by atoms with Crippen LogP contribution in [0.25, 0.3) is 0 Å². The molecule has 0 spiro atoms. The SMILES string of the molecule is OCCCC1=C(F)CCC=C1. The van der Waals surface area contributed by atoms with Gasteiger partial charge in [-0.3, -0.25) is 0 Å². The Labute approximate surface area is 66.2 Å². The van der Waals surface area contributed by atoms with Gasteiger partial charge in [-0.25, -0.2) is 4.39 Å². The molecule has 0 unspecified atom stereocenters. The molecule has 1 rings (SSSR count). The second-order valence-corrected chi connectivity index (χ2v) is 2.70. The van der Waals surface area contributed by atoms with Crippen molar-refractivity contribution >= 4 is 0 Å². The number of aliphatic hydroxyl groups is 1. The second-order valence-electron chi connectivity index (χ2n) is 2.70. The van der Waals surface area contributed by atoms with Crippen LogP contribution in [0.2, 0.25) is 0 Å². The third kappa shape index (κ3) is 2.46. The summed E-state index contributed by atoms with van der Waals surface area (Å²) in [6.45, 7) is 0.143. The summed E-state index contributed by atoms with van der Waals surface area (Å²) in [5.74, 6) is 0.000880. The van der Waals surface area contributed by atoms with E-state index in [2.05, 4.69) is 0 Å². The monoisotopic (exact) mass is 156 g/mol. The molecule has 0 aromatic carbocycles. The quantitative estimate of drug-likeness (QED) is 0.665. The van der Waals surface area contributed by atoms with Crippen LogP contribution in [0.5, 0.6) is 0 Å². The molecule has 0 saturated carbocycles. The molecule has 0 heterocycles. The molecule has 0 aliphatic heterocycles. The fourth-order valence-electron chi connectivity index (χ4n) is 1.18. The summed E-state index contributed by atoms with van der Waals surface area (Å²) in [6.07, 6.45) is 6.49. The minimum absolute atomic E-state index is 0.000880. The van der Waals surface area contributed by atoms with Crippen LogP contribution in [0, 0.1) is 0 Å². The van der Waals surface area contributed by atoms with Crippen molar-refractivity contribution in [3.63, 3.8) is 0 Å². The Kier molecular flexibility index (Phi) is 3.30. The minimum atomic E-state index is 0.000880. The average molecular weight is 156 g/mol. The molecule has 0 saturated heterocycles. The summed E-state index contributed by atoms with van der Waals surface area (Å²) in [5.41, 5.74) is 0.769. The van der Waals surface area contributed by atoms with Crippen molar-refractivity contribution in [1.29, 1.82) is 0 Å². The zero-order chi connectivity index (χ0) is 8.10. The molecule has 1 nitrogen and oxygen atoms in total. The molecule has 1 N–H and O–H groups in total. The maximum Gasteiger partial charge on any atom is 0.103 e. The molecule has 0 radical (unpaired) electrons. The van der Waals surface area contributed by atoms with Crippen LogP contribution >= 0.6 is 0 Å². The summed E-state index contributed by atoms with van der Waals surface area (Å²) in [4.78, 5) is 0. The molecule has 1 aliphatic carbocycles. The first-order valence-corrected chi connectivity index (χ1v) is 3.99. The summed E-state index contributed by atoms with van der Waals surface area (Å²) >= 11 is 0. The zero-order valence-electron chi connectivity index (χ0n) is 6.52. The van der Waals surface area contributed by atoms with E-state index in [1.807, 2.05) is 12.2 Å². The van der Waals surface area contributed by atoms with E-state index in [1.165, 1.54) is 0 Å². The van der Waals surface area contributed by atoms with Gasteiger partial charge in [0.2, 0.25) is 0 Å². The fourth-order valence-corrected chi connectivity index (χ4v) is 1.18. The van der Waals surface area contributed by atoms with Crippen molar-refractivity contribution in [3.05, 3.63) is 23.6 Å². The Morgan fingerprint density at radius 2 is 2.36 bits per heavy atom.